The van der Waals surface area contributed by atoms with E-state index < -0.39 is 5.79 Å². The predicted molar refractivity (Wildman–Crippen MR) is 159 cm³/mol. The van der Waals surface area contributed by atoms with Crippen LogP contribution < -0.4 is 15.0 Å². The molecule has 212 valence electrons. The quantitative estimate of drug-likeness (QED) is 0.424. The molecule has 1 N–H and O–H groups in total. The molecule has 1 aromatic carbocycles. The molecule has 2 aliphatic heterocycles. The van der Waals surface area contributed by atoms with Gasteiger partial charge in [0.2, 0.25) is 0 Å². The maximum absolute atomic E-state index is 14.1. The number of carbonyl (C=O) groups excluding carboxylic acids is 1. The van der Waals surface area contributed by atoms with Crippen LogP contribution >= 0.6 is 11.3 Å². The average molecular weight is 562 g/mol. The van der Waals surface area contributed by atoms with Gasteiger partial charge in [-0.2, -0.15) is 0 Å². The van der Waals surface area contributed by atoms with Gasteiger partial charge in [0, 0.05) is 52.7 Å². The second-order valence-electron chi connectivity index (χ2n) is 12.1. The maximum Gasteiger partial charge on any atom is 0.254 e. The molecule has 3 aromatic rings. The molecule has 0 radical (unpaired) electrons. The van der Waals surface area contributed by atoms with Gasteiger partial charge in [-0.1, -0.05) is 6.07 Å². The van der Waals surface area contributed by atoms with Crippen LogP contribution in [-0.4, -0.2) is 53.2 Å². The summed E-state index contributed by atoms with van der Waals surface area (Å²) in [6.07, 6.45) is 5.01. The van der Waals surface area contributed by atoms with E-state index in [0.29, 0.717) is 35.9 Å². The molecule has 0 spiro atoms. The normalized spacial score (nSPS) is 24.1. The first-order valence-corrected chi connectivity index (χ1v) is 15.2. The Labute approximate surface area is 240 Å². The first-order chi connectivity index (χ1) is 19.1. The van der Waals surface area contributed by atoms with Crippen molar-refractivity contribution in [3.63, 3.8) is 0 Å². The van der Waals surface area contributed by atoms with E-state index in [9.17, 15) is 9.59 Å². The van der Waals surface area contributed by atoms with Crippen molar-refractivity contribution in [2.45, 2.75) is 78.2 Å². The zero-order chi connectivity index (χ0) is 28.3. The minimum Gasteiger partial charge on any atom is -0.448 e. The molecule has 0 unspecified atom stereocenters. The van der Waals surface area contributed by atoms with E-state index in [1.807, 2.05) is 37.8 Å². The molecular formula is C32H39N3O4S. The third-order valence-corrected chi connectivity index (χ3v) is 10.2. The van der Waals surface area contributed by atoms with Crippen LogP contribution in [-0.2, 0) is 13.0 Å². The Kier molecular flexibility index (Phi) is 6.82. The lowest BCUT2D eigenvalue weighted by atomic mass is 9.81. The van der Waals surface area contributed by atoms with Crippen LogP contribution in [0, 0.1) is 26.7 Å². The highest BCUT2D eigenvalue weighted by Gasteiger charge is 2.49. The van der Waals surface area contributed by atoms with Crippen molar-refractivity contribution in [1.82, 2.24) is 14.8 Å². The molecule has 0 bridgehead atoms. The summed E-state index contributed by atoms with van der Waals surface area (Å²) in [4.78, 5) is 35.0. The summed E-state index contributed by atoms with van der Waals surface area (Å²) in [7, 11) is 4.31. The van der Waals surface area contributed by atoms with E-state index in [2.05, 4.69) is 42.3 Å². The molecule has 8 heteroatoms. The van der Waals surface area contributed by atoms with Crippen molar-refractivity contribution in [2.75, 3.05) is 20.6 Å². The molecule has 7 nitrogen and oxygen atoms in total. The molecule has 1 saturated carbocycles. The maximum atomic E-state index is 14.1. The van der Waals surface area contributed by atoms with Crippen LogP contribution in [0.4, 0.5) is 0 Å². The number of ether oxygens (including phenoxy) is 2. The number of hydrogen-bond donors (Lipinski definition) is 1. The monoisotopic (exact) mass is 561 g/mol. The highest BCUT2D eigenvalue weighted by molar-refractivity contribution is 7.13. The van der Waals surface area contributed by atoms with Crippen molar-refractivity contribution in [3.8, 4) is 21.9 Å². The SMILES string of the molecule is Cc1cc(C)c(CN2CCc3c(c(C)c4c(c3-c3cccs3)O[C@@](C)(C3CCC(N(C)C)CC3)O4)C2=O)c(=O)[nH]1. The number of carbonyl (C=O) groups is 1. The molecule has 1 aliphatic carbocycles. The van der Waals surface area contributed by atoms with E-state index in [-0.39, 0.29) is 23.9 Å². The number of nitrogens with one attached hydrogen (secondary N) is 1. The van der Waals surface area contributed by atoms with E-state index in [1.54, 1.807) is 11.3 Å². The number of aromatic amines is 1. The highest BCUT2D eigenvalue weighted by atomic mass is 32.1. The topological polar surface area (TPSA) is 74.9 Å². The van der Waals surface area contributed by atoms with Crippen molar-refractivity contribution < 1.29 is 14.3 Å². The number of amides is 1. The van der Waals surface area contributed by atoms with Crippen LogP contribution in [0.5, 0.6) is 11.5 Å². The van der Waals surface area contributed by atoms with Gasteiger partial charge in [0.1, 0.15) is 0 Å². The molecule has 1 fully saturated rings. The molecule has 3 aliphatic rings. The molecular weight excluding hydrogens is 522 g/mol. The van der Waals surface area contributed by atoms with Gasteiger partial charge in [0.15, 0.2) is 11.5 Å². The van der Waals surface area contributed by atoms with Crippen molar-refractivity contribution in [1.29, 1.82) is 0 Å². The van der Waals surface area contributed by atoms with Crippen LogP contribution in [0.2, 0.25) is 0 Å². The number of benzene rings is 1. The Balaban J connectivity index is 1.38. The Morgan fingerprint density at radius 3 is 2.45 bits per heavy atom. The number of aryl methyl sites for hydroxylation is 2. The fourth-order valence-corrected chi connectivity index (χ4v) is 7.76. The molecule has 40 heavy (non-hydrogen) atoms. The number of hydrogen-bond acceptors (Lipinski definition) is 6. The Morgan fingerprint density at radius 1 is 1.07 bits per heavy atom. The van der Waals surface area contributed by atoms with E-state index in [0.717, 1.165) is 64.3 Å². The van der Waals surface area contributed by atoms with Gasteiger partial charge in [0.25, 0.3) is 17.3 Å². The summed E-state index contributed by atoms with van der Waals surface area (Å²) in [5, 5.41) is 2.06. The fourth-order valence-electron chi connectivity index (χ4n) is 6.96. The van der Waals surface area contributed by atoms with Crippen LogP contribution in [0.15, 0.2) is 28.4 Å². The molecule has 0 saturated heterocycles. The number of nitrogens with zero attached hydrogens (tertiary/aromatic N) is 2. The van der Waals surface area contributed by atoms with Gasteiger partial charge in [0.05, 0.1) is 12.1 Å². The zero-order valence-electron chi connectivity index (χ0n) is 24.3. The van der Waals surface area contributed by atoms with E-state index in [1.165, 1.54) is 0 Å². The van der Waals surface area contributed by atoms with Gasteiger partial charge < -0.3 is 24.3 Å². The van der Waals surface area contributed by atoms with Crippen molar-refractivity contribution >= 4 is 17.2 Å². The molecule has 6 rings (SSSR count). The van der Waals surface area contributed by atoms with Crippen LogP contribution in [0.1, 0.15) is 70.9 Å². The molecule has 2 aromatic heterocycles. The number of aromatic nitrogens is 1. The lowest BCUT2D eigenvalue weighted by Crippen LogP contribution is -2.46. The minimum absolute atomic E-state index is 0.0533. The highest BCUT2D eigenvalue weighted by Crippen LogP contribution is 2.55. The van der Waals surface area contributed by atoms with Gasteiger partial charge in [-0.15, -0.1) is 11.3 Å². The average Bonchev–Trinajstić information content (AvgIpc) is 3.56. The van der Waals surface area contributed by atoms with E-state index in [4.69, 9.17) is 9.47 Å². The first kappa shape index (κ1) is 27.1. The molecule has 4 heterocycles. The Hall–Kier alpha value is -3.10. The summed E-state index contributed by atoms with van der Waals surface area (Å²) < 4.78 is 13.6. The lowest BCUT2D eigenvalue weighted by Gasteiger charge is -2.39. The number of pyridine rings is 1. The summed E-state index contributed by atoms with van der Waals surface area (Å²) in [5.74, 6) is 0.923. The summed E-state index contributed by atoms with van der Waals surface area (Å²) in [5.41, 5.74) is 5.79. The second kappa shape index (κ2) is 10.1. The largest absolute Gasteiger partial charge is 0.448 e. The van der Waals surface area contributed by atoms with Crippen molar-refractivity contribution in [3.05, 3.63) is 67.4 Å². The van der Waals surface area contributed by atoms with Gasteiger partial charge in [-0.05, 0) is 95.6 Å². The number of rotatable bonds is 5. The van der Waals surface area contributed by atoms with Gasteiger partial charge >= 0.3 is 0 Å². The van der Waals surface area contributed by atoms with Crippen molar-refractivity contribution in [2.24, 2.45) is 5.92 Å². The third-order valence-electron chi connectivity index (χ3n) is 9.27. The molecule has 1 amide bonds. The fraction of sp³-hybridized carbons (Fsp3) is 0.500. The minimum atomic E-state index is -0.768. The standard InChI is InChI=1S/C32H39N3O4S/c1-18-16-19(2)33-30(36)24(18)17-35-14-13-23-26(31(35)37)20(3)28-29(27(23)25-8-7-15-40-25)39-32(4,38-28)21-9-11-22(12-10-21)34(5)6/h7-8,15-16,21-22H,9-14,17H2,1-6H3,(H,33,36)/t21?,22?,32-/m0/s1. The summed E-state index contributed by atoms with van der Waals surface area (Å²) in [6, 6.07) is 6.69. The Morgan fingerprint density at radius 2 is 1.80 bits per heavy atom. The number of H-pyrrole nitrogens is 1. The smallest absolute Gasteiger partial charge is 0.254 e. The van der Waals surface area contributed by atoms with Crippen LogP contribution in [0.25, 0.3) is 10.4 Å². The zero-order valence-corrected chi connectivity index (χ0v) is 25.2. The summed E-state index contributed by atoms with van der Waals surface area (Å²) in [6.45, 7) is 8.70. The lowest BCUT2D eigenvalue weighted by molar-refractivity contribution is -0.123. The first-order valence-electron chi connectivity index (χ1n) is 14.3. The number of fused-ring (bicyclic) bond motifs is 2. The van der Waals surface area contributed by atoms with Gasteiger partial charge in [-0.3, -0.25) is 9.59 Å². The van der Waals surface area contributed by atoms with E-state index >= 15 is 0 Å². The molecule has 1 atom stereocenters. The third kappa shape index (κ3) is 4.45. The van der Waals surface area contributed by atoms with Gasteiger partial charge in [-0.25, -0.2) is 0 Å². The second-order valence-corrected chi connectivity index (χ2v) is 13.0. The number of thiophene rings is 1. The van der Waals surface area contributed by atoms with Crippen LogP contribution in [0.3, 0.4) is 0 Å². The summed E-state index contributed by atoms with van der Waals surface area (Å²) >= 11 is 1.66. The Bertz CT molecular complexity index is 1520. The predicted octanol–water partition coefficient (Wildman–Crippen LogP) is 5.83.